The molecule has 2 aromatic heterocycles. The van der Waals surface area contributed by atoms with Crippen LogP contribution in [0.4, 0.5) is 17.3 Å². The van der Waals surface area contributed by atoms with Crippen LogP contribution < -0.4 is 31.1 Å². The summed E-state index contributed by atoms with van der Waals surface area (Å²) in [7, 11) is 0. The van der Waals surface area contributed by atoms with E-state index < -0.39 is 24.1 Å². The van der Waals surface area contributed by atoms with Crippen molar-refractivity contribution in [2.24, 2.45) is 4.99 Å². The number of hydrogen-bond donors (Lipinski definition) is 6. The maximum absolute atomic E-state index is 11.6. The van der Waals surface area contributed by atoms with Gasteiger partial charge in [0.15, 0.2) is 23.1 Å². The fourth-order valence-electron chi connectivity index (χ4n) is 4.37. The van der Waals surface area contributed by atoms with E-state index in [1.165, 1.54) is 6.20 Å². The van der Waals surface area contributed by atoms with E-state index in [-0.39, 0.29) is 12.8 Å². The molecule has 0 bridgehead atoms. The van der Waals surface area contributed by atoms with Crippen LogP contribution in [0.3, 0.4) is 0 Å². The second kappa shape index (κ2) is 9.23. The summed E-state index contributed by atoms with van der Waals surface area (Å²) in [5, 5.41) is 29.0. The molecule has 0 radical (unpaired) electrons. The molecule has 14 heteroatoms. The van der Waals surface area contributed by atoms with Crippen molar-refractivity contribution in [2.75, 3.05) is 25.1 Å². The fraction of sp³-hybridized carbons (Fsp3) is 0.364. The first kappa shape index (κ1) is 22.5. The Morgan fingerprint density at radius 1 is 1.31 bits per heavy atom. The molecule has 0 saturated carbocycles. The first-order valence-electron chi connectivity index (χ1n) is 11.4. The molecule has 36 heavy (non-hydrogen) atoms. The van der Waals surface area contributed by atoms with Crippen molar-refractivity contribution >= 4 is 23.7 Å². The molecule has 0 aliphatic carbocycles. The van der Waals surface area contributed by atoms with Crippen molar-refractivity contribution in [3.05, 3.63) is 46.9 Å². The highest BCUT2D eigenvalue weighted by Crippen LogP contribution is 2.44. The first-order chi connectivity index (χ1) is 17.6. The van der Waals surface area contributed by atoms with Crippen LogP contribution in [0, 0.1) is 0 Å². The summed E-state index contributed by atoms with van der Waals surface area (Å²) in [5.41, 5.74) is 0.792. The Bertz CT molecular complexity index is 1360. The van der Waals surface area contributed by atoms with Gasteiger partial charge in [0.05, 0.1) is 31.6 Å². The van der Waals surface area contributed by atoms with Gasteiger partial charge in [-0.1, -0.05) is 6.07 Å². The van der Waals surface area contributed by atoms with Gasteiger partial charge in [0, 0.05) is 13.0 Å². The number of aromatic nitrogens is 4. The number of para-hydroxylation sites is 1. The molecule has 0 spiro atoms. The summed E-state index contributed by atoms with van der Waals surface area (Å²) in [4.78, 5) is 26.8. The highest BCUT2D eigenvalue weighted by molar-refractivity contribution is 5.77. The number of aliphatic imine (C=N–C) groups is 1. The van der Waals surface area contributed by atoms with Crippen LogP contribution in [-0.4, -0.2) is 68.0 Å². The lowest BCUT2D eigenvalue weighted by Crippen LogP contribution is -2.37. The van der Waals surface area contributed by atoms with Crippen LogP contribution in [0.1, 0.15) is 24.5 Å². The molecular weight excluding hydrogens is 472 g/mol. The Morgan fingerprint density at radius 3 is 3.08 bits per heavy atom. The Labute approximate surface area is 204 Å². The number of ether oxygens (including phenoxy) is 3. The molecule has 6 N–H and O–H groups in total. The summed E-state index contributed by atoms with van der Waals surface area (Å²) in [6.07, 6.45) is 2.86. The van der Waals surface area contributed by atoms with Crippen molar-refractivity contribution < 1.29 is 24.4 Å². The van der Waals surface area contributed by atoms with Crippen LogP contribution in [0.2, 0.25) is 0 Å². The molecule has 3 aliphatic rings. The molecule has 1 unspecified atom stereocenters. The van der Waals surface area contributed by atoms with Crippen molar-refractivity contribution in [2.45, 2.75) is 31.0 Å². The standard InChI is InChI=1S/C22H24N8O6/c31-8-15-11(32)6-16(36-15)30-10-27-18-20(25-9-26-21(18)30)23-4-5-34-12-2-1-3-13-17(12)28-19-14(35-13)7-24-22(33)29-19/h1-3,7,9-11,15-16,20,23,31-32H,4-6,8H2,(H,25,26)(H2,24,28,29,33)/t11-,15-,16-,20?/m1/s1. The van der Waals surface area contributed by atoms with Gasteiger partial charge < -0.3 is 40.0 Å². The van der Waals surface area contributed by atoms with Crippen molar-refractivity contribution in [1.29, 1.82) is 0 Å². The lowest BCUT2D eigenvalue weighted by Gasteiger charge is -2.24. The molecule has 188 valence electrons. The van der Waals surface area contributed by atoms with Gasteiger partial charge in [0.25, 0.3) is 0 Å². The molecule has 3 aliphatic heterocycles. The van der Waals surface area contributed by atoms with E-state index in [4.69, 9.17) is 14.2 Å². The minimum Gasteiger partial charge on any atom is -0.490 e. The molecule has 1 aromatic carbocycles. The fourth-order valence-corrected chi connectivity index (χ4v) is 4.37. The first-order valence-corrected chi connectivity index (χ1v) is 11.4. The number of H-pyrrole nitrogens is 1. The molecular formula is C22H24N8O6. The van der Waals surface area contributed by atoms with Gasteiger partial charge in [-0.15, -0.1) is 0 Å². The monoisotopic (exact) mass is 496 g/mol. The largest absolute Gasteiger partial charge is 0.490 e. The Hall–Kier alpha value is -3.98. The lowest BCUT2D eigenvalue weighted by atomic mass is 10.2. The highest BCUT2D eigenvalue weighted by Gasteiger charge is 2.36. The number of imidazole rings is 1. The number of hydrogen-bond acceptors (Lipinski definition) is 12. The summed E-state index contributed by atoms with van der Waals surface area (Å²) < 4.78 is 19.3. The predicted octanol–water partition coefficient (Wildman–Crippen LogP) is 0.387. The van der Waals surface area contributed by atoms with E-state index in [1.807, 2.05) is 6.07 Å². The van der Waals surface area contributed by atoms with E-state index in [0.717, 1.165) is 0 Å². The normalized spacial score (nSPS) is 23.6. The van der Waals surface area contributed by atoms with Gasteiger partial charge in [0.2, 0.25) is 0 Å². The molecule has 6 rings (SSSR count). The number of rotatable bonds is 7. The number of nitrogens with one attached hydrogen (secondary N) is 4. The molecule has 0 amide bonds. The van der Waals surface area contributed by atoms with Crippen LogP contribution in [0.25, 0.3) is 0 Å². The molecule has 5 heterocycles. The van der Waals surface area contributed by atoms with Crippen molar-refractivity contribution in [3.8, 4) is 17.2 Å². The third kappa shape index (κ3) is 4.05. The zero-order valence-corrected chi connectivity index (χ0v) is 18.9. The molecule has 14 nitrogen and oxygen atoms in total. The third-order valence-corrected chi connectivity index (χ3v) is 6.12. The van der Waals surface area contributed by atoms with Crippen molar-refractivity contribution in [3.63, 3.8) is 0 Å². The quantitative estimate of drug-likeness (QED) is 0.195. The van der Waals surface area contributed by atoms with Crippen LogP contribution in [0.5, 0.6) is 17.2 Å². The number of aliphatic hydroxyl groups excluding tert-OH is 2. The number of anilines is 2. The molecule has 4 atom stereocenters. The van der Waals surface area contributed by atoms with Gasteiger partial charge in [0.1, 0.15) is 42.2 Å². The average molecular weight is 496 g/mol. The summed E-state index contributed by atoms with van der Waals surface area (Å²) in [6.45, 7) is 0.550. The SMILES string of the molecule is O=c1nc2c(c[nH]1)Oc1cccc(OCCNC3NC=Nc4c3ncn4[C@H]3C[C@@H](O)[C@@H](CO)O3)c1N2. The smallest absolute Gasteiger partial charge is 0.347 e. The van der Waals surface area contributed by atoms with Crippen LogP contribution in [-0.2, 0) is 4.74 Å². The second-order valence-electron chi connectivity index (χ2n) is 8.41. The summed E-state index contributed by atoms with van der Waals surface area (Å²) in [5.74, 6) is 2.47. The van der Waals surface area contributed by atoms with Gasteiger partial charge in [-0.05, 0) is 12.1 Å². The van der Waals surface area contributed by atoms with Gasteiger partial charge in [-0.25, -0.2) is 14.8 Å². The summed E-state index contributed by atoms with van der Waals surface area (Å²) >= 11 is 0. The van der Waals surface area contributed by atoms with Crippen LogP contribution in [0.15, 0.2) is 40.5 Å². The molecule has 3 aromatic rings. The number of aromatic amines is 1. The summed E-state index contributed by atoms with van der Waals surface area (Å²) in [6, 6.07) is 5.41. The van der Waals surface area contributed by atoms with Gasteiger partial charge >= 0.3 is 5.69 Å². The van der Waals surface area contributed by atoms with E-state index >= 15 is 0 Å². The number of aliphatic hydroxyl groups is 2. The Kier molecular flexibility index (Phi) is 5.77. The average Bonchev–Trinajstić information content (AvgIpc) is 3.49. The predicted molar refractivity (Wildman–Crippen MR) is 126 cm³/mol. The van der Waals surface area contributed by atoms with E-state index in [1.54, 1.807) is 29.4 Å². The third-order valence-electron chi connectivity index (χ3n) is 6.12. The van der Waals surface area contributed by atoms with E-state index in [2.05, 4.69) is 35.9 Å². The topological polar surface area (TPSA) is 180 Å². The maximum atomic E-state index is 11.6. The Morgan fingerprint density at radius 2 is 2.22 bits per heavy atom. The van der Waals surface area contributed by atoms with E-state index in [9.17, 15) is 15.0 Å². The number of nitrogens with zero attached hydrogens (tertiary/aromatic N) is 4. The number of fused-ring (bicyclic) bond motifs is 3. The minimum absolute atomic E-state index is 0.253. The van der Waals surface area contributed by atoms with Crippen LogP contribution >= 0.6 is 0 Å². The van der Waals surface area contributed by atoms with Crippen molar-refractivity contribution in [1.82, 2.24) is 30.2 Å². The zero-order chi connectivity index (χ0) is 24.6. The van der Waals surface area contributed by atoms with E-state index in [0.29, 0.717) is 59.8 Å². The minimum atomic E-state index is -0.747. The highest BCUT2D eigenvalue weighted by atomic mass is 16.5. The van der Waals surface area contributed by atoms with Gasteiger partial charge in [-0.3, -0.25) is 9.88 Å². The maximum Gasteiger partial charge on any atom is 0.347 e. The molecule has 1 saturated heterocycles. The lowest BCUT2D eigenvalue weighted by molar-refractivity contribution is -0.0438. The second-order valence-corrected chi connectivity index (χ2v) is 8.41. The molecule has 1 fully saturated rings. The Balaban J connectivity index is 1.09. The van der Waals surface area contributed by atoms with Gasteiger partial charge in [-0.2, -0.15) is 4.98 Å². The zero-order valence-electron chi connectivity index (χ0n) is 18.9. The number of benzene rings is 1.